The van der Waals surface area contributed by atoms with Gasteiger partial charge in [0.2, 0.25) is 0 Å². The van der Waals surface area contributed by atoms with Gasteiger partial charge in [0.15, 0.2) is 0 Å². The minimum absolute atomic E-state index is 0.0209. The molecule has 0 atom stereocenters. The van der Waals surface area contributed by atoms with Crippen LogP contribution in [0.2, 0.25) is 0 Å². The molecule has 0 aromatic heterocycles. The van der Waals surface area contributed by atoms with Crippen molar-refractivity contribution in [2.45, 2.75) is 11.3 Å². The Balaban J connectivity index is 2.36. The number of benzene rings is 2. The van der Waals surface area contributed by atoms with Crippen molar-refractivity contribution in [1.29, 1.82) is 0 Å². The maximum atomic E-state index is 11.4. The van der Waals surface area contributed by atoms with Gasteiger partial charge >= 0.3 is 0 Å². The Morgan fingerprint density at radius 1 is 0.955 bits per heavy atom. The van der Waals surface area contributed by atoms with Crippen molar-refractivity contribution in [3.63, 3.8) is 0 Å². The molecule has 0 saturated carbocycles. The summed E-state index contributed by atoms with van der Waals surface area (Å²) >= 11 is 0. The first-order valence-corrected chi connectivity index (χ1v) is 9.30. The van der Waals surface area contributed by atoms with Crippen LogP contribution < -0.4 is 4.74 Å². The Kier molecular flexibility index (Phi) is 4.71. The molecule has 0 spiro atoms. The fourth-order valence-corrected chi connectivity index (χ4v) is 3.12. The molecule has 0 saturated heterocycles. The van der Waals surface area contributed by atoms with Gasteiger partial charge in [-0.05, 0) is 17.9 Å². The average molecular weight is 346 g/mol. The van der Waals surface area contributed by atoms with Crippen molar-refractivity contribution in [3.8, 4) is 5.75 Å². The smallest absolute Gasteiger partial charge is 0.298 e. The quantitative estimate of drug-likeness (QED) is 0.604. The van der Waals surface area contributed by atoms with E-state index < -0.39 is 30.9 Å². The zero-order valence-corrected chi connectivity index (χ0v) is 13.0. The molecule has 9 heteroatoms. The lowest BCUT2D eigenvalue weighted by Gasteiger charge is -2.12. The minimum Gasteiger partial charge on any atom is -0.491 e. The predicted molar refractivity (Wildman–Crippen MR) is 80.3 cm³/mol. The van der Waals surface area contributed by atoms with Crippen LogP contribution in [0.4, 0.5) is 0 Å². The Morgan fingerprint density at radius 2 is 1.64 bits per heavy atom. The molecule has 2 N–H and O–H groups in total. The number of rotatable bonds is 6. The highest BCUT2D eigenvalue weighted by atomic mass is 32.2. The van der Waals surface area contributed by atoms with E-state index in [9.17, 15) is 21.4 Å². The molecule has 0 fully saturated rings. The van der Waals surface area contributed by atoms with Gasteiger partial charge < -0.3 is 4.74 Å². The summed E-state index contributed by atoms with van der Waals surface area (Å²) in [5, 5.41) is 1.18. The van der Waals surface area contributed by atoms with Gasteiger partial charge in [-0.3, -0.25) is 9.11 Å². The third kappa shape index (κ3) is 4.17. The maximum Gasteiger partial charge on any atom is 0.298 e. The molecular formula is C13H14O7S2. The zero-order valence-electron chi connectivity index (χ0n) is 11.3. The standard InChI is InChI=1S/C13H14O7S2/c14-21(15,16)9-3-8-20-13-11-5-2-1-4-10(11)6-7-12(13)22(17,18)19/h1-2,4-7H,3,8-9H2,(H,14,15,16)(H,17,18,19). The van der Waals surface area contributed by atoms with Crippen LogP contribution in [0.1, 0.15) is 6.42 Å². The molecule has 2 aromatic carbocycles. The molecule has 0 aliphatic rings. The number of fused-ring (bicyclic) bond motifs is 1. The van der Waals surface area contributed by atoms with Gasteiger partial charge in [0.25, 0.3) is 20.2 Å². The fraction of sp³-hybridized carbons (Fsp3) is 0.231. The van der Waals surface area contributed by atoms with Crippen LogP contribution in [0.3, 0.4) is 0 Å². The number of ether oxygens (including phenoxy) is 1. The molecule has 120 valence electrons. The monoisotopic (exact) mass is 346 g/mol. The Morgan fingerprint density at radius 3 is 2.27 bits per heavy atom. The van der Waals surface area contributed by atoms with Crippen molar-refractivity contribution >= 4 is 31.0 Å². The van der Waals surface area contributed by atoms with E-state index in [-0.39, 0.29) is 18.8 Å². The van der Waals surface area contributed by atoms with E-state index in [1.54, 1.807) is 24.3 Å². The van der Waals surface area contributed by atoms with Crippen LogP contribution in [0.15, 0.2) is 41.3 Å². The summed E-state index contributed by atoms with van der Waals surface area (Å²) in [5.41, 5.74) is 0. The van der Waals surface area contributed by atoms with E-state index in [4.69, 9.17) is 9.29 Å². The van der Waals surface area contributed by atoms with Gasteiger partial charge in [0, 0.05) is 5.39 Å². The first kappa shape index (κ1) is 16.7. The molecule has 2 aromatic rings. The van der Waals surface area contributed by atoms with Crippen molar-refractivity contribution in [2.75, 3.05) is 12.4 Å². The molecule has 7 nitrogen and oxygen atoms in total. The van der Waals surface area contributed by atoms with Crippen LogP contribution in [-0.2, 0) is 20.2 Å². The summed E-state index contributed by atoms with van der Waals surface area (Å²) < 4.78 is 67.4. The second-order valence-corrected chi connectivity index (χ2v) is 7.54. The topological polar surface area (TPSA) is 118 Å². The van der Waals surface area contributed by atoms with Gasteiger partial charge in [-0.2, -0.15) is 16.8 Å². The highest BCUT2D eigenvalue weighted by Gasteiger charge is 2.19. The second-order valence-electron chi connectivity index (χ2n) is 4.58. The summed E-state index contributed by atoms with van der Waals surface area (Å²) in [4.78, 5) is -0.391. The summed E-state index contributed by atoms with van der Waals surface area (Å²) in [7, 11) is -8.59. The van der Waals surface area contributed by atoms with E-state index in [0.29, 0.717) is 10.8 Å². The summed E-state index contributed by atoms with van der Waals surface area (Å²) in [6, 6.07) is 9.56. The predicted octanol–water partition coefficient (Wildman–Crippen LogP) is 1.74. The number of hydrogen-bond acceptors (Lipinski definition) is 5. The first-order chi connectivity index (χ1) is 10.2. The van der Waals surface area contributed by atoms with E-state index in [1.165, 1.54) is 12.1 Å². The highest BCUT2D eigenvalue weighted by Crippen LogP contribution is 2.33. The summed E-state index contributed by atoms with van der Waals surface area (Å²) in [6.45, 7) is -0.129. The number of hydrogen-bond donors (Lipinski definition) is 2. The van der Waals surface area contributed by atoms with E-state index in [0.717, 1.165) is 0 Å². The van der Waals surface area contributed by atoms with Gasteiger partial charge in [-0.25, -0.2) is 0 Å². The molecule has 0 unspecified atom stereocenters. The molecule has 0 amide bonds. The molecule has 0 aliphatic heterocycles. The molecule has 0 heterocycles. The van der Waals surface area contributed by atoms with Crippen molar-refractivity contribution in [3.05, 3.63) is 36.4 Å². The highest BCUT2D eigenvalue weighted by molar-refractivity contribution is 7.86. The zero-order chi connectivity index (χ0) is 16.4. The second kappa shape index (κ2) is 6.21. The normalized spacial score (nSPS) is 12.5. The van der Waals surface area contributed by atoms with Crippen LogP contribution >= 0.6 is 0 Å². The van der Waals surface area contributed by atoms with Gasteiger partial charge in [-0.1, -0.05) is 30.3 Å². The van der Waals surface area contributed by atoms with Gasteiger partial charge in [-0.15, -0.1) is 0 Å². The summed E-state index contributed by atoms with van der Waals surface area (Å²) in [5.74, 6) is -0.546. The lowest BCUT2D eigenvalue weighted by atomic mass is 10.1. The van der Waals surface area contributed by atoms with Crippen molar-refractivity contribution in [2.24, 2.45) is 0 Å². The minimum atomic E-state index is -4.48. The van der Waals surface area contributed by atoms with Crippen LogP contribution in [0, 0.1) is 0 Å². The van der Waals surface area contributed by atoms with Crippen LogP contribution in [-0.4, -0.2) is 38.3 Å². The van der Waals surface area contributed by atoms with Crippen LogP contribution in [0.25, 0.3) is 10.8 Å². The van der Waals surface area contributed by atoms with E-state index >= 15 is 0 Å². The lowest BCUT2D eigenvalue weighted by Crippen LogP contribution is -2.10. The van der Waals surface area contributed by atoms with Crippen LogP contribution in [0.5, 0.6) is 5.75 Å². The molecular weight excluding hydrogens is 332 g/mol. The maximum absolute atomic E-state index is 11.4. The molecule has 0 bridgehead atoms. The Hall–Kier alpha value is -1.68. The third-order valence-electron chi connectivity index (χ3n) is 2.91. The molecule has 22 heavy (non-hydrogen) atoms. The average Bonchev–Trinajstić information content (AvgIpc) is 2.41. The Bertz CT molecular complexity index is 886. The van der Waals surface area contributed by atoms with Gasteiger partial charge in [0.05, 0.1) is 12.4 Å². The van der Waals surface area contributed by atoms with E-state index in [1.807, 2.05) is 0 Å². The van der Waals surface area contributed by atoms with E-state index in [2.05, 4.69) is 0 Å². The Labute approximate surface area is 128 Å². The molecule has 0 radical (unpaired) electrons. The molecule has 0 aliphatic carbocycles. The van der Waals surface area contributed by atoms with Crippen molar-refractivity contribution in [1.82, 2.24) is 0 Å². The molecule has 2 rings (SSSR count). The van der Waals surface area contributed by atoms with Gasteiger partial charge in [0.1, 0.15) is 10.6 Å². The summed E-state index contributed by atoms with van der Waals surface area (Å²) in [6.07, 6.45) is -0.0209. The van der Waals surface area contributed by atoms with Crippen molar-refractivity contribution < 1.29 is 30.7 Å². The largest absolute Gasteiger partial charge is 0.491 e. The SMILES string of the molecule is O=S(=O)(O)CCCOc1c(S(=O)(=O)O)ccc2ccccc12. The third-order valence-corrected chi connectivity index (χ3v) is 4.60. The lowest BCUT2D eigenvalue weighted by molar-refractivity contribution is 0.310. The first-order valence-electron chi connectivity index (χ1n) is 6.26. The fourth-order valence-electron chi connectivity index (χ4n) is 1.99.